The van der Waals surface area contributed by atoms with Crippen LogP contribution < -0.4 is 10.0 Å². The molecule has 0 aromatic heterocycles. The van der Waals surface area contributed by atoms with Gasteiger partial charge in [0.05, 0.1) is 10.9 Å². The lowest BCUT2D eigenvalue weighted by molar-refractivity contribution is 0.0932. The van der Waals surface area contributed by atoms with E-state index in [0.717, 1.165) is 30.4 Å². The fourth-order valence-corrected chi connectivity index (χ4v) is 5.06. The van der Waals surface area contributed by atoms with E-state index in [-0.39, 0.29) is 16.8 Å². The predicted molar refractivity (Wildman–Crippen MR) is 111 cm³/mol. The van der Waals surface area contributed by atoms with Gasteiger partial charge in [0.2, 0.25) is 10.0 Å². The minimum Gasteiger partial charge on any atom is -0.345 e. The number of hydrogen-bond acceptors (Lipinski definition) is 3. The largest absolute Gasteiger partial charge is 0.345 e. The molecule has 1 atom stereocenters. The molecule has 3 rings (SSSR count). The molecule has 5 nitrogen and oxygen atoms in total. The maximum Gasteiger partial charge on any atom is 0.252 e. The van der Waals surface area contributed by atoms with Gasteiger partial charge in [0, 0.05) is 11.1 Å². The Labute approximate surface area is 167 Å². The Morgan fingerprint density at radius 2 is 1.82 bits per heavy atom. The highest BCUT2D eigenvalue weighted by Gasteiger charge is 2.25. The van der Waals surface area contributed by atoms with Gasteiger partial charge >= 0.3 is 0 Å². The summed E-state index contributed by atoms with van der Waals surface area (Å²) in [4.78, 5) is 13.1. The number of fused-ring (bicyclic) bond motifs is 1. The van der Waals surface area contributed by atoms with Crippen LogP contribution in [-0.4, -0.2) is 19.9 Å². The van der Waals surface area contributed by atoms with Crippen molar-refractivity contribution in [2.75, 3.05) is 0 Å². The molecular formula is C22H28N2O3S. The number of amides is 1. The van der Waals surface area contributed by atoms with Crippen LogP contribution in [0.3, 0.4) is 0 Å². The Kier molecular flexibility index (Phi) is 5.64. The quantitative estimate of drug-likeness (QED) is 0.818. The summed E-state index contributed by atoms with van der Waals surface area (Å²) in [7, 11) is -3.70. The van der Waals surface area contributed by atoms with Gasteiger partial charge in [-0.3, -0.25) is 4.79 Å². The molecule has 0 aliphatic heterocycles. The third kappa shape index (κ3) is 4.62. The van der Waals surface area contributed by atoms with Crippen molar-refractivity contribution in [3.63, 3.8) is 0 Å². The third-order valence-electron chi connectivity index (χ3n) is 4.88. The molecule has 0 radical (unpaired) electrons. The van der Waals surface area contributed by atoms with E-state index >= 15 is 0 Å². The topological polar surface area (TPSA) is 75.3 Å². The Morgan fingerprint density at radius 3 is 2.54 bits per heavy atom. The van der Waals surface area contributed by atoms with E-state index in [9.17, 15) is 13.2 Å². The van der Waals surface area contributed by atoms with Crippen molar-refractivity contribution in [1.82, 2.24) is 10.0 Å². The van der Waals surface area contributed by atoms with Gasteiger partial charge in [-0.2, -0.15) is 0 Å². The van der Waals surface area contributed by atoms with E-state index in [0.29, 0.717) is 5.56 Å². The fraction of sp³-hybridized carbons (Fsp3) is 0.409. The molecule has 2 aromatic carbocycles. The lowest BCUT2D eigenvalue weighted by atomic mass is 9.87. The molecule has 2 N–H and O–H groups in total. The molecule has 6 heteroatoms. The summed E-state index contributed by atoms with van der Waals surface area (Å²) in [6, 6.07) is 12.8. The first-order chi connectivity index (χ1) is 13.1. The molecule has 1 aliphatic rings. The van der Waals surface area contributed by atoms with Crippen LogP contribution in [0, 0.1) is 6.92 Å². The lowest BCUT2D eigenvalue weighted by Gasteiger charge is -2.26. The Morgan fingerprint density at radius 1 is 1.11 bits per heavy atom. The normalized spacial score (nSPS) is 17.1. The molecule has 1 unspecified atom stereocenters. The summed E-state index contributed by atoms with van der Waals surface area (Å²) in [6.45, 7) is 7.17. The zero-order valence-electron chi connectivity index (χ0n) is 16.9. The molecule has 0 saturated heterocycles. The monoisotopic (exact) mass is 400 g/mol. The molecule has 0 heterocycles. The molecule has 1 amide bonds. The maximum absolute atomic E-state index is 13.0. The highest BCUT2D eigenvalue weighted by Crippen LogP contribution is 2.30. The number of sulfonamides is 1. The summed E-state index contributed by atoms with van der Waals surface area (Å²) >= 11 is 0. The number of benzene rings is 2. The standard InChI is InChI=1S/C22H28N2O3S/c1-15-12-13-17(28(26,27)24-22(2,3)4)14-19(15)21(25)23-20-11-7-9-16-8-5-6-10-18(16)20/h5-6,8,10,12-14,20,24H,7,9,11H2,1-4H3,(H,23,25). The summed E-state index contributed by atoms with van der Waals surface area (Å²) in [6.07, 6.45) is 2.92. The number of hydrogen-bond donors (Lipinski definition) is 2. The highest BCUT2D eigenvalue weighted by atomic mass is 32.2. The number of aryl methyl sites for hydroxylation is 2. The van der Waals surface area contributed by atoms with Crippen LogP contribution in [-0.2, 0) is 16.4 Å². The number of carbonyl (C=O) groups is 1. The minimum absolute atomic E-state index is 0.0511. The van der Waals surface area contributed by atoms with Crippen molar-refractivity contribution < 1.29 is 13.2 Å². The van der Waals surface area contributed by atoms with Crippen LogP contribution in [0.4, 0.5) is 0 Å². The van der Waals surface area contributed by atoms with Crippen LogP contribution in [0.5, 0.6) is 0 Å². The van der Waals surface area contributed by atoms with Crippen molar-refractivity contribution in [2.45, 2.75) is 63.4 Å². The minimum atomic E-state index is -3.70. The van der Waals surface area contributed by atoms with Gasteiger partial charge in [0.25, 0.3) is 5.91 Å². The van der Waals surface area contributed by atoms with Gasteiger partial charge in [0.1, 0.15) is 0 Å². The van der Waals surface area contributed by atoms with E-state index in [1.807, 2.05) is 19.1 Å². The van der Waals surface area contributed by atoms with E-state index in [2.05, 4.69) is 22.2 Å². The fourth-order valence-electron chi connectivity index (χ4n) is 3.61. The van der Waals surface area contributed by atoms with Crippen molar-refractivity contribution in [3.05, 3.63) is 64.7 Å². The van der Waals surface area contributed by atoms with Crippen LogP contribution in [0.25, 0.3) is 0 Å². The average Bonchev–Trinajstić information content (AvgIpc) is 2.60. The second kappa shape index (κ2) is 7.68. The smallest absolute Gasteiger partial charge is 0.252 e. The second-order valence-electron chi connectivity index (χ2n) is 8.45. The van der Waals surface area contributed by atoms with E-state index in [4.69, 9.17) is 0 Å². The zero-order chi connectivity index (χ0) is 20.5. The maximum atomic E-state index is 13.0. The molecule has 0 bridgehead atoms. The number of nitrogens with one attached hydrogen (secondary N) is 2. The molecule has 1 aliphatic carbocycles. The van der Waals surface area contributed by atoms with Crippen molar-refractivity contribution in [2.24, 2.45) is 0 Å². The Hall–Kier alpha value is -2.18. The zero-order valence-corrected chi connectivity index (χ0v) is 17.7. The van der Waals surface area contributed by atoms with Crippen LogP contribution in [0.2, 0.25) is 0 Å². The predicted octanol–water partition coefficient (Wildman–Crippen LogP) is 3.88. The summed E-state index contributed by atoms with van der Waals surface area (Å²) in [5.74, 6) is -0.244. The summed E-state index contributed by atoms with van der Waals surface area (Å²) in [5, 5.41) is 3.10. The van der Waals surface area contributed by atoms with E-state index in [1.54, 1.807) is 26.8 Å². The third-order valence-corrected chi connectivity index (χ3v) is 6.63. The van der Waals surface area contributed by atoms with Gasteiger partial charge in [-0.05, 0) is 75.8 Å². The first kappa shape index (κ1) is 20.6. The van der Waals surface area contributed by atoms with Crippen molar-refractivity contribution >= 4 is 15.9 Å². The van der Waals surface area contributed by atoms with Crippen molar-refractivity contribution in [3.8, 4) is 0 Å². The molecule has 0 fully saturated rings. The SMILES string of the molecule is Cc1ccc(S(=O)(=O)NC(C)(C)C)cc1C(=O)NC1CCCc2ccccc21. The number of carbonyl (C=O) groups excluding carboxylic acids is 1. The second-order valence-corrected chi connectivity index (χ2v) is 10.1. The van der Waals surface area contributed by atoms with E-state index < -0.39 is 15.6 Å². The average molecular weight is 401 g/mol. The van der Waals surface area contributed by atoms with Crippen molar-refractivity contribution in [1.29, 1.82) is 0 Å². The van der Waals surface area contributed by atoms with Gasteiger partial charge < -0.3 is 5.32 Å². The van der Waals surface area contributed by atoms with Gasteiger partial charge in [-0.25, -0.2) is 13.1 Å². The van der Waals surface area contributed by atoms with Gasteiger partial charge in [-0.15, -0.1) is 0 Å². The first-order valence-corrected chi connectivity index (χ1v) is 11.1. The molecule has 0 spiro atoms. The van der Waals surface area contributed by atoms with Gasteiger partial charge in [0.15, 0.2) is 0 Å². The molecular weight excluding hydrogens is 372 g/mol. The molecule has 2 aromatic rings. The summed E-state index contributed by atoms with van der Waals surface area (Å²) < 4.78 is 27.9. The van der Waals surface area contributed by atoms with Gasteiger partial charge in [-0.1, -0.05) is 30.3 Å². The van der Waals surface area contributed by atoms with Crippen LogP contribution >= 0.6 is 0 Å². The van der Waals surface area contributed by atoms with E-state index in [1.165, 1.54) is 17.7 Å². The lowest BCUT2D eigenvalue weighted by Crippen LogP contribution is -2.40. The Balaban J connectivity index is 1.87. The first-order valence-electron chi connectivity index (χ1n) is 9.60. The molecule has 150 valence electrons. The van der Waals surface area contributed by atoms with Crippen LogP contribution in [0.1, 0.15) is 66.7 Å². The van der Waals surface area contributed by atoms with Crippen LogP contribution in [0.15, 0.2) is 47.4 Å². The summed E-state index contributed by atoms with van der Waals surface area (Å²) in [5.41, 5.74) is 2.95. The Bertz CT molecular complexity index is 991. The molecule has 0 saturated carbocycles. The molecule has 28 heavy (non-hydrogen) atoms. The highest BCUT2D eigenvalue weighted by molar-refractivity contribution is 7.89. The number of rotatable bonds is 4.